The summed E-state index contributed by atoms with van der Waals surface area (Å²) in [5.41, 5.74) is 1.60. The summed E-state index contributed by atoms with van der Waals surface area (Å²) in [4.78, 5) is 41.9. The van der Waals surface area contributed by atoms with E-state index in [0.29, 0.717) is 26.9 Å². The quantitative estimate of drug-likeness (QED) is 0.200. The highest BCUT2D eigenvalue weighted by Crippen LogP contribution is 2.44. The molecule has 0 bridgehead atoms. The van der Waals surface area contributed by atoms with E-state index >= 15 is 0 Å². The number of para-hydroxylation sites is 1. The summed E-state index contributed by atoms with van der Waals surface area (Å²) in [5.74, 6) is -3.28. The minimum absolute atomic E-state index is 0.283. The van der Waals surface area contributed by atoms with Crippen molar-refractivity contribution in [3.05, 3.63) is 135 Å². The first-order valence-corrected chi connectivity index (χ1v) is 12.1. The van der Waals surface area contributed by atoms with Gasteiger partial charge in [-0.15, -0.1) is 0 Å². The number of fused-ring (bicyclic) bond motifs is 1. The molecule has 0 spiro atoms. The van der Waals surface area contributed by atoms with Gasteiger partial charge in [-0.25, -0.2) is 0 Å². The number of carbonyl (C=O) groups excluding carboxylic acids is 3. The van der Waals surface area contributed by atoms with Crippen LogP contribution >= 0.6 is 23.2 Å². The summed E-state index contributed by atoms with van der Waals surface area (Å²) in [5, 5.41) is 0.917. The molecule has 0 aliphatic carbocycles. The predicted octanol–water partition coefficient (Wildman–Crippen LogP) is 7.31. The molecule has 6 heteroatoms. The smallest absolute Gasteiger partial charge is 0.174 e. The fourth-order valence-electron chi connectivity index (χ4n) is 4.58. The maximum Gasteiger partial charge on any atom is 0.174 e. The Labute approximate surface area is 218 Å². The average molecular weight is 515 g/mol. The number of halogens is 2. The monoisotopic (exact) mass is 514 g/mol. The molecule has 0 fully saturated rings. The van der Waals surface area contributed by atoms with Crippen LogP contribution in [-0.2, 0) is 0 Å². The third-order valence-corrected chi connectivity index (χ3v) is 6.85. The Morgan fingerprint density at radius 2 is 1.17 bits per heavy atom. The van der Waals surface area contributed by atoms with E-state index in [1.54, 1.807) is 72.8 Å². The molecule has 5 rings (SSSR count). The summed E-state index contributed by atoms with van der Waals surface area (Å²) in [7, 11) is 0. The molecule has 0 amide bonds. The number of Topliss-reactive ketones (excluding diaryl/α,β-unsaturated/α-hetero) is 3. The molecule has 36 heavy (non-hydrogen) atoms. The molecule has 2 unspecified atom stereocenters. The maximum atomic E-state index is 14.0. The first kappa shape index (κ1) is 24.0. The van der Waals surface area contributed by atoms with E-state index in [-0.39, 0.29) is 16.9 Å². The number of ketones is 3. The fraction of sp³-hybridized carbons (Fsp3) is 0.100. The normalized spacial score (nSPS) is 16.8. The molecule has 1 aliphatic rings. The van der Waals surface area contributed by atoms with Crippen molar-refractivity contribution in [2.24, 2.45) is 11.8 Å². The third-order valence-electron chi connectivity index (χ3n) is 6.35. The van der Waals surface area contributed by atoms with E-state index in [2.05, 4.69) is 0 Å². The number of carbonyl (C=O) groups is 3. The van der Waals surface area contributed by atoms with E-state index in [4.69, 9.17) is 27.9 Å². The molecule has 0 N–H and O–H groups in total. The van der Waals surface area contributed by atoms with Crippen LogP contribution < -0.4 is 4.74 Å². The van der Waals surface area contributed by atoms with Crippen molar-refractivity contribution in [3.63, 3.8) is 0 Å². The summed E-state index contributed by atoms with van der Waals surface area (Å²) in [6, 6.07) is 28.7. The van der Waals surface area contributed by atoms with Crippen LogP contribution in [0.5, 0.6) is 5.75 Å². The van der Waals surface area contributed by atoms with Crippen molar-refractivity contribution in [1.29, 1.82) is 0 Å². The Morgan fingerprint density at radius 1 is 0.667 bits per heavy atom. The van der Waals surface area contributed by atoms with Gasteiger partial charge in [0, 0.05) is 21.2 Å². The SMILES string of the molecule is O=C(c1ccc(Cl)cc1)C(C(=O)c1ccc(Cl)cc1)C1C(=O)c2ccccc2OC1c1ccccc1. The van der Waals surface area contributed by atoms with Crippen molar-refractivity contribution in [1.82, 2.24) is 0 Å². The Bertz CT molecular complexity index is 1370. The topological polar surface area (TPSA) is 60.4 Å². The van der Waals surface area contributed by atoms with Gasteiger partial charge >= 0.3 is 0 Å². The average Bonchev–Trinajstić information content (AvgIpc) is 2.91. The van der Waals surface area contributed by atoms with Gasteiger partial charge < -0.3 is 4.74 Å². The van der Waals surface area contributed by atoms with Crippen LogP contribution in [0.2, 0.25) is 10.0 Å². The van der Waals surface area contributed by atoms with Crippen LogP contribution in [0.1, 0.15) is 42.7 Å². The Morgan fingerprint density at radius 3 is 1.72 bits per heavy atom. The van der Waals surface area contributed by atoms with Gasteiger partial charge in [0.05, 0.1) is 17.4 Å². The first-order chi connectivity index (χ1) is 17.4. The van der Waals surface area contributed by atoms with Crippen molar-refractivity contribution in [2.45, 2.75) is 6.10 Å². The van der Waals surface area contributed by atoms with Crippen LogP contribution in [0.4, 0.5) is 0 Å². The zero-order valence-electron chi connectivity index (χ0n) is 18.9. The van der Waals surface area contributed by atoms with Crippen LogP contribution in [0, 0.1) is 11.8 Å². The van der Waals surface area contributed by atoms with Crippen molar-refractivity contribution < 1.29 is 19.1 Å². The third kappa shape index (κ3) is 4.58. The van der Waals surface area contributed by atoms with E-state index < -0.39 is 29.5 Å². The van der Waals surface area contributed by atoms with Gasteiger partial charge in [-0.05, 0) is 66.2 Å². The van der Waals surface area contributed by atoms with E-state index in [9.17, 15) is 14.4 Å². The summed E-state index contributed by atoms with van der Waals surface area (Å²) < 4.78 is 6.32. The van der Waals surface area contributed by atoms with Gasteiger partial charge in [0.2, 0.25) is 0 Å². The Balaban J connectivity index is 1.69. The number of hydrogen-bond donors (Lipinski definition) is 0. The molecule has 0 radical (unpaired) electrons. The van der Waals surface area contributed by atoms with Gasteiger partial charge in [-0.1, -0.05) is 65.7 Å². The lowest BCUT2D eigenvalue weighted by Crippen LogP contribution is -2.43. The number of ether oxygens (including phenoxy) is 1. The van der Waals surface area contributed by atoms with Gasteiger partial charge in [0.15, 0.2) is 17.3 Å². The summed E-state index contributed by atoms with van der Waals surface area (Å²) >= 11 is 12.1. The summed E-state index contributed by atoms with van der Waals surface area (Å²) in [6.45, 7) is 0. The van der Waals surface area contributed by atoms with Crippen molar-refractivity contribution in [3.8, 4) is 5.75 Å². The predicted molar refractivity (Wildman–Crippen MR) is 139 cm³/mol. The van der Waals surface area contributed by atoms with E-state index in [1.807, 2.05) is 30.3 Å². The molecule has 4 nitrogen and oxygen atoms in total. The summed E-state index contributed by atoms with van der Waals surface area (Å²) in [6.07, 6.45) is -0.842. The molecule has 0 saturated carbocycles. The van der Waals surface area contributed by atoms with Crippen LogP contribution in [0.3, 0.4) is 0 Å². The fourth-order valence-corrected chi connectivity index (χ4v) is 4.83. The molecule has 4 aromatic rings. The minimum Gasteiger partial charge on any atom is -0.484 e. The van der Waals surface area contributed by atoms with E-state index in [1.165, 1.54) is 0 Å². The van der Waals surface area contributed by atoms with Crippen molar-refractivity contribution >= 4 is 40.6 Å². The molecular weight excluding hydrogens is 495 g/mol. The van der Waals surface area contributed by atoms with Gasteiger partial charge in [0.25, 0.3) is 0 Å². The first-order valence-electron chi connectivity index (χ1n) is 11.4. The zero-order valence-corrected chi connectivity index (χ0v) is 20.4. The van der Waals surface area contributed by atoms with Crippen LogP contribution in [0.15, 0.2) is 103 Å². The Hall–Kier alpha value is -3.73. The standard InChI is InChI=1S/C30H20Cl2O4/c31-21-14-10-18(11-15-21)27(33)25(28(34)19-12-16-22(32)17-13-19)26-29(35)23-8-4-5-9-24(23)36-30(26)20-6-2-1-3-7-20/h1-17,25-26,30H. The molecule has 2 atom stereocenters. The van der Waals surface area contributed by atoms with Gasteiger partial charge in [0.1, 0.15) is 11.9 Å². The second-order valence-corrected chi connectivity index (χ2v) is 9.43. The molecule has 1 heterocycles. The molecule has 0 aromatic heterocycles. The molecular formula is C30H20Cl2O4. The molecule has 4 aromatic carbocycles. The lowest BCUT2D eigenvalue weighted by atomic mass is 9.71. The number of rotatable bonds is 6. The van der Waals surface area contributed by atoms with Crippen LogP contribution in [0.25, 0.3) is 0 Å². The highest BCUT2D eigenvalue weighted by Gasteiger charge is 2.48. The van der Waals surface area contributed by atoms with Crippen LogP contribution in [-0.4, -0.2) is 17.3 Å². The largest absolute Gasteiger partial charge is 0.484 e. The van der Waals surface area contributed by atoms with Crippen molar-refractivity contribution in [2.75, 3.05) is 0 Å². The van der Waals surface area contributed by atoms with E-state index in [0.717, 1.165) is 0 Å². The second kappa shape index (κ2) is 10.1. The number of hydrogen-bond acceptors (Lipinski definition) is 4. The molecule has 178 valence electrons. The molecule has 1 aliphatic heterocycles. The van der Waals surface area contributed by atoms with Gasteiger partial charge in [-0.3, -0.25) is 14.4 Å². The Kier molecular flexibility index (Phi) is 6.73. The maximum absolute atomic E-state index is 14.0. The second-order valence-electron chi connectivity index (χ2n) is 8.56. The zero-order chi connectivity index (χ0) is 25.2. The minimum atomic E-state index is -1.33. The highest BCUT2D eigenvalue weighted by molar-refractivity contribution is 6.31. The number of benzene rings is 4. The lowest BCUT2D eigenvalue weighted by molar-refractivity contribution is 0.0428. The lowest BCUT2D eigenvalue weighted by Gasteiger charge is -2.36. The molecule has 0 saturated heterocycles. The van der Waals surface area contributed by atoms with Gasteiger partial charge in [-0.2, -0.15) is 0 Å². The highest BCUT2D eigenvalue weighted by atomic mass is 35.5.